The molecule has 0 aliphatic carbocycles. The van der Waals surface area contributed by atoms with Crippen LogP contribution in [0.5, 0.6) is 11.5 Å². The third-order valence-electron chi connectivity index (χ3n) is 2.85. The summed E-state index contributed by atoms with van der Waals surface area (Å²) in [5, 5.41) is 18.7. The largest absolute Gasteiger partial charge is 0.504 e. The summed E-state index contributed by atoms with van der Waals surface area (Å²) in [6.45, 7) is 5.19. The zero-order chi connectivity index (χ0) is 13.2. The second kappa shape index (κ2) is 4.65. The van der Waals surface area contributed by atoms with E-state index in [4.69, 9.17) is 9.84 Å². The van der Waals surface area contributed by atoms with Gasteiger partial charge in [-0.3, -0.25) is 4.79 Å². The quantitative estimate of drug-likeness (QED) is 0.845. The monoisotopic (exact) mass is 238 g/mol. The van der Waals surface area contributed by atoms with Gasteiger partial charge in [0, 0.05) is 0 Å². The van der Waals surface area contributed by atoms with E-state index in [1.54, 1.807) is 26.0 Å². The fourth-order valence-electron chi connectivity index (χ4n) is 1.62. The van der Waals surface area contributed by atoms with E-state index >= 15 is 0 Å². The lowest BCUT2D eigenvalue weighted by molar-refractivity contribution is -0.146. The summed E-state index contributed by atoms with van der Waals surface area (Å²) in [5.74, 6) is -0.405. The number of aromatic hydroxyl groups is 1. The Bertz CT molecular complexity index is 435. The van der Waals surface area contributed by atoms with E-state index in [1.807, 2.05) is 6.92 Å². The molecule has 4 nitrogen and oxygen atoms in total. The van der Waals surface area contributed by atoms with Crippen LogP contribution in [0.3, 0.4) is 0 Å². The van der Waals surface area contributed by atoms with Gasteiger partial charge >= 0.3 is 5.97 Å². The zero-order valence-corrected chi connectivity index (χ0v) is 10.6. The topological polar surface area (TPSA) is 66.8 Å². The standard InChI is InChI=1S/C13H18O4/c1-8-5-10(14)11(17-4)6-9(8)7-13(2,3)12(15)16/h5-6,14H,7H2,1-4H3,(H,15,16). The van der Waals surface area contributed by atoms with Crippen molar-refractivity contribution in [3.63, 3.8) is 0 Å². The maximum absolute atomic E-state index is 11.1. The first kappa shape index (κ1) is 13.4. The van der Waals surface area contributed by atoms with Gasteiger partial charge in [0.05, 0.1) is 12.5 Å². The molecular weight excluding hydrogens is 220 g/mol. The number of carboxylic acids is 1. The van der Waals surface area contributed by atoms with Crippen LogP contribution in [0.15, 0.2) is 12.1 Å². The van der Waals surface area contributed by atoms with Crippen LogP contribution < -0.4 is 4.74 Å². The summed E-state index contributed by atoms with van der Waals surface area (Å²) in [4.78, 5) is 11.1. The SMILES string of the molecule is COc1cc(CC(C)(C)C(=O)O)c(C)cc1O. The number of phenols is 1. The van der Waals surface area contributed by atoms with E-state index < -0.39 is 11.4 Å². The highest BCUT2D eigenvalue weighted by molar-refractivity contribution is 5.74. The van der Waals surface area contributed by atoms with Crippen molar-refractivity contribution in [2.24, 2.45) is 5.41 Å². The second-order valence-corrected chi connectivity index (χ2v) is 4.82. The van der Waals surface area contributed by atoms with Gasteiger partial charge in [-0.2, -0.15) is 0 Å². The van der Waals surface area contributed by atoms with Crippen LogP contribution >= 0.6 is 0 Å². The molecular formula is C13H18O4. The Morgan fingerprint density at radius 1 is 1.41 bits per heavy atom. The minimum atomic E-state index is -0.844. The Balaban J connectivity index is 3.11. The third-order valence-corrected chi connectivity index (χ3v) is 2.85. The van der Waals surface area contributed by atoms with E-state index in [0.29, 0.717) is 12.2 Å². The number of aryl methyl sites for hydroxylation is 1. The Labute approximate surface area is 101 Å². The molecule has 0 bridgehead atoms. The molecule has 0 spiro atoms. The summed E-state index contributed by atoms with van der Waals surface area (Å²) in [6, 6.07) is 3.28. The Hall–Kier alpha value is -1.71. The number of ether oxygens (including phenoxy) is 1. The van der Waals surface area contributed by atoms with Gasteiger partial charge < -0.3 is 14.9 Å². The molecule has 1 aromatic rings. The Morgan fingerprint density at radius 2 is 2.00 bits per heavy atom. The summed E-state index contributed by atoms with van der Waals surface area (Å²) in [7, 11) is 1.47. The van der Waals surface area contributed by atoms with E-state index in [2.05, 4.69) is 0 Å². The van der Waals surface area contributed by atoms with Gasteiger partial charge in [-0.05, 0) is 50.5 Å². The van der Waals surface area contributed by atoms with Crippen LogP contribution in [0.1, 0.15) is 25.0 Å². The smallest absolute Gasteiger partial charge is 0.309 e. The predicted octanol–water partition coefficient (Wildman–Crippen LogP) is 2.36. The van der Waals surface area contributed by atoms with Gasteiger partial charge in [0.15, 0.2) is 11.5 Å². The summed E-state index contributed by atoms with van der Waals surface area (Å²) < 4.78 is 5.02. The van der Waals surface area contributed by atoms with Crippen molar-refractivity contribution in [2.75, 3.05) is 7.11 Å². The molecule has 0 aliphatic rings. The lowest BCUT2D eigenvalue weighted by Gasteiger charge is -2.21. The van der Waals surface area contributed by atoms with E-state index in [1.165, 1.54) is 7.11 Å². The molecule has 4 heteroatoms. The fourth-order valence-corrected chi connectivity index (χ4v) is 1.62. The fraction of sp³-hybridized carbons (Fsp3) is 0.462. The van der Waals surface area contributed by atoms with E-state index in [9.17, 15) is 9.90 Å². The van der Waals surface area contributed by atoms with E-state index in [-0.39, 0.29) is 5.75 Å². The molecule has 0 unspecified atom stereocenters. The highest BCUT2D eigenvalue weighted by Gasteiger charge is 2.28. The number of benzene rings is 1. The van der Waals surface area contributed by atoms with Crippen LogP contribution in [-0.2, 0) is 11.2 Å². The molecule has 2 N–H and O–H groups in total. The van der Waals surface area contributed by atoms with Crippen molar-refractivity contribution in [2.45, 2.75) is 27.2 Å². The molecule has 0 amide bonds. The van der Waals surface area contributed by atoms with Crippen LogP contribution in [0.25, 0.3) is 0 Å². The highest BCUT2D eigenvalue weighted by Crippen LogP contribution is 2.32. The van der Waals surface area contributed by atoms with Crippen molar-refractivity contribution < 1.29 is 19.7 Å². The summed E-state index contributed by atoms with van der Waals surface area (Å²) in [5.41, 5.74) is 0.886. The molecule has 94 valence electrons. The minimum Gasteiger partial charge on any atom is -0.504 e. The van der Waals surface area contributed by atoms with Gasteiger partial charge in [-0.1, -0.05) is 0 Å². The number of aliphatic carboxylic acids is 1. The maximum Gasteiger partial charge on any atom is 0.309 e. The first-order chi connectivity index (χ1) is 7.77. The Kier molecular flexibility index (Phi) is 3.66. The first-order valence-electron chi connectivity index (χ1n) is 5.38. The van der Waals surface area contributed by atoms with Crippen molar-refractivity contribution in [1.29, 1.82) is 0 Å². The summed E-state index contributed by atoms with van der Waals surface area (Å²) >= 11 is 0. The lowest BCUT2D eigenvalue weighted by Crippen LogP contribution is -2.26. The minimum absolute atomic E-state index is 0.0712. The molecule has 0 saturated carbocycles. The molecule has 0 aromatic heterocycles. The molecule has 0 fully saturated rings. The highest BCUT2D eigenvalue weighted by atomic mass is 16.5. The van der Waals surface area contributed by atoms with Crippen molar-refractivity contribution >= 4 is 5.97 Å². The Morgan fingerprint density at radius 3 is 2.47 bits per heavy atom. The molecule has 0 heterocycles. The van der Waals surface area contributed by atoms with Gasteiger partial charge in [0.1, 0.15) is 0 Å². The summed E-state index contributed by atoms with van der Waals surface area (Å²) in [6.07, 6.45) is 0.394. The molecule has 1 rings (SSSR count). The second-order valence-electron chi connectivity index (χ2n) is 4.82. The molecule has 0 saturated heterocycles. The lowest BCUT2D eigenvalue weighted by atomic mass is 9.84. The van der Waals surface area contributed by atoms with Crippen LogP contribution in [0.4, 0.5) is 0 Å². The van der Waals surface area contributed by atoms with E-state index in [0.717, 1.165) is 11.1 Å². The molecule has 17 heavy (non-hydrogen) atoms. The van der Waals surface area contributed by atoms with Gasteiger partial charge in [0.25, 0.3) is 0 Å². The normalized spacial score (nSPS) is 11.3. The molecule has 0 radical (unpaired) electrons. The number of carboxylic acid groups (broad SMARTS) is 1. The van der Waals surface area contributed by atoms with Gasteiger partial charge in [-0.25, -0.2) is 0 Å². The van der Waals surface area contributed by atoms with Crippen molar-refractivity contribution in [1.82, 2.24) is 0 Å². The van der Waals surface area contributed by atoms with Gasteiger partial charge in [-0.15, -0.1) is 0 Å². The van der Waals surface area contributed by atoms with Crippen molar-refractivity contribution in [3.8, 4) is 11.5 Å². The predicted molar refractivity (Wildman–Crippen MR) is 64.5 cm³/mol. The zero-order valence-electron chi connectivity index (χ0n) is 10.6. The van der Waals surface area contributed by atoms with Crippen LogP contribution in [0.2, 0.25) is 0 Å². The number of phenolic OH excluding ortho intramolecular Hbond substituents is 1. The number of methoxy groups -OCH3 is 1. The molecule has 0 atom stereocenters. The number of rotatable bonds is 4. The maximum atomic E-state index is 11.1. The number of hydrogen-bond donors (Lipinski definition) is 2. The average molecular weight is 238 g/mol. The van der Waals surface area contributed by atoms with Crippen LogP contribution in [0, 0.1) is 12.3 Å². The molecule has 1 aromatic carbocycles. The van der Waals surface area contributed by atoms with Crippen molar-refractivity contribution in [3.05, 3.63) is 23.3 Å². The number of carbonyl (C=O) groups is 1. The average Bonchev–Trinajstić information content (AvgIpc) is 2.21. The van der Waals surface area contributed by atoms with Crippen LogP contribution in [-0.4, -0.2) is 23.3 Å². The first-order valence-corrected chi connectivity index (χ1v) is 5.38. The molecule has 0 aliphatic heterocycles. The van der Waals surface area contributed by atoms with Gasteiger partial charge in [0.2, 0.25) is 0 Å². The third kappa shape index (κ3) is 2.90. The number of hydrogen-bond acceptors (Lipinski definition) is 3.